The van der Waals surface area contributed by atoms with Crippen LogP contribution in [0, 0.1) is 11.6 Å². The predicted molar refractivity (Wildman–Crippen MR) is 62.2 cm³/mol. The molecule has 1 aliphatic heterocycles. The molecule has 0 aromatic heterocycles. The van der Waals surface area contributed by atoms with Gasteiger partial charge in [-0.15, -0.1) is 0 Å². The quantitative estimate of drug-likeness (QED) is 0.901. The number of nitrogens with zero attached hydrogens (tertiary/aromatic N) is 1. The number of rotatable bonds is 3. The summed E-state index contributed by atoms with van der Waals surface area (Å²) in [5.74, 6) is -3.03. The highest BCUT2D eigenvalue weighted by atomic mass is 19.2. The fourth-order valence-electron chi connectivity index (χ4n) is 2.40. The van der Waals surface area contributed by atoms with Gasteiger partial charge in [0.25, 0.3) is 0 Å². The molecule has 1 heterocycles. The molecule has 0 bridgehead atoms. The Morgan fingerprint density at radius 2 is 1.89 bits per heavy atom. The number of carboxylic acid groups (broad SMARTS) is 1. The van der Waals surface area contributed by atoms with E-state index < -0.39 is 23.1 Å². The molecule has 1 aliphatic rings. The summed E-state index contributed by atoms with van der Waals surface area (Å²) < 4.78 is 26.2. The number of halogens is 2. The third-order valence-electron chi connectivity index (χ3n) is 3.64. The summed E-state index contributed by atoms with van der Waals surface area (Å²) in [7, 11) is 0. The van der Waals surface area contributed by atoms with E-state index in [1.807, 2.05) is 0 Å². The van der Waals surface area contributed by atoms with Gasteiger partial charge in [-0.25, -0.2) is 13.6 Å². The average Bonchev–Trinajstić information content (AvgIpc) is 2.85. The molecule has 1 aromatic carbocycles. The molecule has 0 saturated carbocycles. The van der Waals surface area contributed by atoms with Gasteiger partial charge >= 0.3 is 5.97 Å². The summed E-state index contributed by atoms with van der Waals surface area (Å²) in [5, 5.41) is 9.45. The molecule has 1 atom stereocenters. The Balaban J connectivity index is 2.46. The molecule has 98 valence electrons. The lowest BCUT2D eigenvalue weighted by Crippen LogP contribution is -2.48. The Morgan fingerprint density at radius 1 is 1.28 bits per heavy atom. The molecule has 1 N–H and O–H groups in total. The van der Waals surface area contributed by atoms with Crippen molar-refractivity contribution >= 4 is 5.97 Å². The van der Waals surface area contributed by atoms with Gasteiger partial charge in [-0.1, -0.05) is 6.07 Å². The zero-order valence-corrected chi connectivity index (χ0v) is 10.1. The van der Waals surface area contributed by atoms with E-state index in [0.717, 1.165) is 25.0 Å². The lowest BCUT2D eigenvalue weighted by Gasteiger charge is -2.35. The Morgan fingerprint density at radius 3 is 2.39 bits per heavy atom. The summed E-state index contributed by atoms with van der Waals surface area (Å²) in [6.45, 7) is 2.84. The van der Waals surface area contributed by atoms with Gasteiger partial charge < -0.3 is 5.11 Å². The Labute approximate surface area is 104 Å². The van der Waals surface area contributed by atoms with Crippen molar-refractivity contribution in [3.05, 3.63) is 35.4 Å². The summed E-state index contributed by atoms with van der Waals surface area (Å²) >= 11 is 0. The predicted octanol–water partition coefficient (Wildman–Crippen LogP) is 2.36. The molecule has 3 nitrogen and oxygen atoms in total. The molecule has 0 amide bonds. The van der Waals surface area contributed by atoms with Gasteiger partial charge in [0.15, 0.2) is 11.6 Å². The molecule has 0 spiro atoms. The number of carbonyl (C=O) groups is 1. The van der Waals surface area contributed by atoms with Crippen LogP contribution in [0.5, 0.6) is 0 Å². The van der Waals surface area contributed by atoms with Crippen LogP contribution < -0.4 is 0 Å². The van der Waals surface area contributed by atoms with E-state index in [1.54, 1.807) is 4.90 Å². The van der Waals surface area contributed by atoms with E-state index >= 15 is 0 Å². The van der Waals surface area contributed by atoms with Gasteiger partial charge in [0.05, 0.1) is 0 Å². The second kappa shape index (κ2) is 4.65. The lowest BCUT2D eigenvalue weighted by molar-refractivity contribution is -0.150. The molecule has 1 fully saturated rings. The van der Waals surface area contributed by atoms with E-state index in [1.165, 1.54) is 13.0 Å². The third kappa shape index (κ3) is 1.99. The van der Waals surface area contributed by atoms with Crippen LogP contribution in [-0.4, -0.2) is 29.1 Å². The molecular weight excluding hydrogens is 240 g/mol. The lowest BCUT2D eigenvalue weighted by atomic mass is 9.90. The summed E-state index contributed by atoms with van der Waals surface area (Å²) in [6, 6.07) is 3.29. The van der Waals surface area contributed by atoms with E-state index in [0.29, 0.717) is 13.1 Å². The van der Waals surface area contributed by atoms with Crippen molar-refractivity contribution in [1.82, 2.24) is 4.90 Å². The van der Waals surface area contributed by atoms with Gasteiger partial charge in [0, 0.05) is 0 Å². The fraction of sp³-hybridized carbons (Fsp3) is 0.462. The van der Waals surface area contributed by atoms with Gasteiger partial charge in [-0.2, -0.15) is 0 Å². The van der Waals surface area contributed by atoms with Crippen LogP contribution in [0.25, 0.3) is 0 Å². The van der Waals surface area contributed by atoms with Crippen LogP contribution in [-0.2, 0) is 10.3 Å². The van der Waals surface area contributed by atoms with E-state index in [4.69, 9.17) is 0 Å². The highest BCUT2D eigenvalue weighted by Crippen LogP contribution is 2.32. The number of carboxylic acids is 1. The summed E-state index contributed by atoms with van der Waals surface area (Å²) in [6.07, 6.45) is 1.85. The normalized spacial score (nSPS) is 19.7. The summed E-state index contributed by atoms with van der Waals surface area (Å²) in [4.78, 5) is 13.3. The molecule has 0 aliphatic carbocycles. The van der Waals surface area contributed by atoms with E-state index in [2.05, 4.69) is 0 Å². The van der Waals surface area contributed by atoms with Gasteiger partial charge in [-0.3, -0.25) is 4.90 Å². The van der Waals surface area contributed by atoms with Crippen LogP contribution in [0.3, 0.4) is 0 Å². The van der Waals surface area contributed by atoms with Crippen LogP contribution in [0.2, 0.25) is 0 Å². The maximum atomic E-state index is 13.3. The fourth-order valence-corrected chi connectivity index (χ4v) is 2.40. The zero-order valence-electron chi connectivity index (χ0n) is 10.1. The topological polar surface area (TPSA) is 40.5 Å². The van der Waals surface area contributed by atoms with Crippen LogP contribution in [0.4, 0.5) is 8.78 Å². The maximum Gasteiger partial charge on any atom is 0.328 e. The Hall–Kier alpha value is -1.49. The third-order valence-corrected chi connectivity index (χ3v) is 3.64. The summed E-state index contributed by atoms with van der Waals surface area (Å²) in [5.41, 5.74) is -1.03. The van der Waals surface area contributed by atoms with Crippen molar-refractivity contribution in [2.24, 2.45) is 0 Å². The van der Waals surface area contributed by atoms with Crippen molar-refractivity contribution in [1.29, 1.82) is 0 Å². The zero-order chi connectivity index (χ0) is 13.3. The first-order valence-electron chi connectivity index (χ1n) is 5.90. The minimum Gasteiger partial charge on any atom is -0.480 e. The molecule has 0 radical (unpaired) electrons. The minimum atomic E-state index is -1.30. The Kier molecular flexibility index (Phi) is 3.34. The van der Waals surface area contributed by atoms with Crippen LogP contribution in [0.1, 0.15) is 25.3 Å². The van der Waals surface area contributed by atoms with Crippen LogP contribution >= 0.6 is 0 Å². The number of hydrogen-bond acceptors (Lipinski definition) is 2. The number of aliphatic carboxylic acids is 1. The number of likely N-dealkylation sites (tertiary alicyclic amines) is 1. The van der Waals surface area contributed by atoms with Crippen molar-refractivity contribution < 1.29 is 18.7 Å². The number of benzene rings is 1. The van der Waals surface area contributed by atoms with E-state index in [-0.39, 0.29) is 5.56 Å². The molecule has 1 unspecified atom stereocenters. The highest BCUT2D eigenvalue weighted by Gasteiger charge is 2.42. The van der Waals surface area contributed by atoms with Crippen molar-refractivity contribution in [3.8, 4) is 0 Å². The van der Waals surface area contributed by atoms with Gasteiger partial charge in [-0.05, 0) is 50.6 Å². The molecule has 1 saturated heterocycles. The SMILES string of the molecule is CC(C(=O)O)(c1ccc(F)c(F)c1)N1CCCC1. The van der Waals surface area contributed by atoms with Gasteiger partial charge in [0.2, 0.25) is 0 Å². The second-order valence-corrected chi connectivity index (χ2v) is 4.70. The average molecular weight is 255 g/mol. The van der Waals surface area contributed by atoms with Crippen molar-refractivity contribution in [2.75, 3.05) is 13.1 Å². The first-order valence-corrected chi connectivity index (χ1v) is 5.90. The van der Waals surface area contributed by atoms with Crippen molar-refractivity contribution in [2.45, 2.75) is 25.3 Å². The minimum absolute atomic E-state index is 0.274. The smallest absolute Gasteiger partial charge is 0.328 e. The molecular formula is C13H15F2NO2. The Bertz CT molecular complexity index is 472. The second-order valence-electron chi connectivity index (χ2n) is 4.70. The maximum absolute atomic E-state index is 13.3. The number of hydrogen-bond donors (Lipinski definition) is 1. The van der Waals surface area contributed by atoms with Crippen LogP contribution in [0.15, 0.2) is 18.2 Å². The highest BCUT2D eigenvalue weighted by molar-refractivity contribution is 5.80. The first kappa shape index (κ1) is 13.0. The van der Waals surface area contributed by atoms with E-state index in [9.17, 15) is 18.7 Å². The largest absolute Gasteiger partial charge is 0.480 e. The van der Waals surface area contributed by atoms with Gasteiger partial charge in [0.1, 0.15) is 5.54 Å². The molecule has 18 heavy (non-hydrogen) atoms. The van der Waals surface area contributed by atoms with Crippen molar-refractivity contribution in [3.63, 3.8) is 0 Å². The monoisotopic (exact) mass is 255 g/mol. The molecule has 2 rings (SSSR count). The molecule has 1 aromatic rings. The molecule has 5 heteroatoms. The standard InChI is InChI=1S/C13H15F2NO2/c1-13(12(17)18,16-6-2-3-7-16)9-4-5-10(14)11(15)8-9/h4-5,8H,2-3,6-7H2,1H3,(H,17,18). The first-order chi connectivity index (χ1) is 8.46.